The molecule has 11 heavy (non-hydrogen) atoms. The minimum absolute atomic E-state index is 0.183. The van der Waals surface area contributed by atoms with Crippen molar-refractivity contribution in [3.05, 3.63) is 0 Å². The second kappa shape index (κ2) is 2.14. The smallest absolute Gasteiger partial charge is 0.202 e. The van der Waals surface area contributed by atoms with E-state index in [0.29, 0.717) is 6.29 Å². The third kappa shape index (κ3) is 0.839. The molecule has 2 saturated heterocycles. The van der Waals surface area contributed by atoms with E-state index >= 15 is 0 Å². The fourth-order valence-electron chi connectivity index (χ4n) is 2.17. The highest BCUT2D eigenvalue weighted by Crippen LogP contribution is 2.40. The molecule has 0 aliphatic carbocycles. The van der Waals surface area contributed by atoms with E-state index in [9.17, 15) is 9.59 Å². The van der Waals surface area contributed by atoms with E-state index in [1.54, 1.807) is 0 Å². The highest BCUT2D eigenvalue weighted by molar-refractivity contribution is 6.27. The number of ketones is 1. The van der Waals surface area contributed by atoms with Crippen LogP contribution in [-0.4, -0.2) is 36.6 Å². The predicted octanol–water partition coefficient (Wildman–Crippen LogP) is -0.150. The molecule has 0 radical (unpaired) electrons. The summed E-state index contributed by atoms with van der Waals surface area (Å²) in [7, 11) is 0. The van der Waals surface area contributed by atoms with Gasteiger partial charge in [0.1, 0.15) is 0 Å². The van der Waals surface area contributed by atoms with Crippen molar-refractivity contribution in [1.82, 2.24) is 4.90 Å². The van der Waals surface area contributed by atoms with Gasteiger partial charge in [-0.1, -0.05) is 0 Å². The minimum Gasteiger partial charge on any atom is -0.302 e. The monoisotopic (exact) mass is 153 g/mol. The molecule has 2 rings (SSSR count). The van der Waals surface area contributed by atoms with Crippen molar-refractivity contribution >= 4 is 12.1 Å². The number of rotatable bonds is 2. The molecule has 2 aliphatic rings. The predicted molar refractivity (Wildman–Crippen MR) is 39.2 cm³/mol. The second-order valence-corrected chi connectivity index (χ2v) is 3.54. The number of aldehydes is 1. The van der Waals surface area contributed by atoms with E-state index in [1.807, 2.05) is 0 Å². The maximum absolute atomic E-state index is 11.2. The molecule has 0 amide bonds. The molecule has 2 bridgehead atoms. The quantitative estimate of drug-likeness (QED) is 0.409. The summed E-state index contributed by atoms with van der Waals surface area (Å²) in [6, 6.07) is 0. The van der Waals surface area contributed by atoms with Gasteiger partial charge in [-0.2, -0.15) is 0 Å². The third-order valence-electron chi connectivity index (χ3n) is 2.97. The first-order valence-electron chi connectivity index (χ1n) is 3.99. The van der Waals surface area contributed by atoms with Crippen molar-refractivity contribution in [2.24, 2.45) is 5.41 Å². The van der Waals surface area contributed by atoms with E-state index in [0.717, 1.165) is 32.5 Å². The maximum Gasteiger partial charge on any atom is 0.202 e. The lowest BCUT2D eigenvalue weighted by atomic mass is 9.81. The topological polar surface area (TPSA) is 37.4 Å². The van der Waals surface area contributed by atoms with Crippen LogP contribution in [-0.2, 0) is 9.59 Å². The van der Waals surface area contributed by atoms with Crippen LogP contribution in [0.15, 0.2) is 0 Å². The Morgan fingerprint density at radius 1 is 1.36 bits per heavy atom. The van der Waals surface area contributed by atoms with Crippen molar-refractivity contribution in [1.29, 1.82) is 0 Å². The Bertz CT molecular complexity index is 204. The van der Waals surface area contributed by atoms with E-state index in [2.05, 4.69) is 4.90 Å². The largest absolute Gasteiger partial charge is 0.302 e. The van der Waals surface area contributed by atoms with Crippen molar-refractivity contribution < 1.29 is 9.59 Å². The number of carbonyl (C=O) groups excluding carboxylic acids is 2. The van der Waals surface area contributed by atoms with E-state index in [4.69, 9.17) is 0 Å². The molecule has 0 aromatic carbocycles. The van der Waals surface area contributed by atoms with Crippen LogP contribution in [0, 0.1) is 5.41 Å². The van der Waals surface area contributed by atoms with Crippen LogP contribution >= 0.6 is 0 Å². The lowest BCUT2D eigenvalue weighted by molar-refractivity contribution is -0.135. The average Bonchev–Trinajstić information content (AvgIpc) is 2.62. The Labute approximate surface area is 65.4 Å². The van der Waals surface area contributed by atoms with Gasteiger partial charge in [0, 0.05) is 6.54 Å². The molecular formula is C8H11NO2. The molecule has 2 fully saturated rings. The Morgan fingerprint density at radius 3 is 2.36 bits per heavy atom. The molecule has 0 N–H and O–H groups in total. The van der Waals surface area contributed by atoms with Crippen LogP contribution in [0.5, 0.6) is 0 Å². The molecule has 60 valence electrons. The molecule has 3 nitrogen and oxygen atoms in total. The van der Waals surface area contributed by atoms with Gasteiger partial charge in [-0.25, -0.2) is 0 Å². The summed E-state index contributed by atoms with van der Waals surface area (Å²) >= 11 is 0. The van der Waals surface area contributed by atoms with Crippen LogP contribution in [0.2, 0.25) is 0 Å². The second-order valence-electron chi connectivity index (χ2n) is 3.54. The van der Waals surface area contributed by atoms with Crippen molar-refractivity contribution in [3.8, 4) is 0 Å². The zero-order valence-corrected chi connectivity index (χ0v) is 6.38. The first kappa shape index (κ1) is 6.98. The fraction of sp³-hybridized carbons (Fsp3) is 0.750. The lowest BCUT2D eigenvalue weighted by Crippen LogP contribution is -2.30. The van der Waals surface area contributed by atoms with E-state index in [-0.39, 0.29) is 11.2 Å². The maximum atomic E-state index is 11.2. The van der Waals surface area contributed by atoms with Gasteiger partial charge in [0.25, 0.3) is 0 Å². The first-order valence-corrected chi connectivity index (χ1v) is 3.99. The van der Waals surface area contributed by atoms with E-state index < -0.39 is 0 Å². The van der Waals surface area contributed by atoms with Crippen molar-refractivity contribution in [2.45, 2.75) is 12.8 Å². The molecule has 2 heterocycles. The van der Waals surface area contributed by atoms with E-state index in [1.165, 1.54) is 0 Å². The minimum atomic E-state index is -0.262. The summed E-state index contributed by atoms with van der Waals surface area (Å²) in [6.45, 7) is 2.82. The molecule has 3 heteroatoms. The van der Waals surface area contributed by atoms with Gasteiger partial charge in [0.2, 0.25) is 5.78 Å². The summed E-state index contributed by atoms with van der Waals surface area (Å²) in [5.41, 5.74) is -0.262. The lowest BCUT2D eigenvalue weighted by Gasteiger charge is -2.19. The summed E-state index contributed by atoms with van der Waals surface area (Å²) in [6.07, 6.45) is 2.28. The van der Waals surface area contributed by atoms with Crippen LogP contribution in [0.4, 0.5) is 0 Å². The van der Waals surface area contributed by atoms with Gasteiger partial charge in [-0.05, 0) is 25.9 Å². The fourth-order valence-corrected chi connectivity index (χ4v) is 2.17. The molecule has 0 saturated carbocycles. The molecule has 2 aliphatic heterocycles. The Kier molecular flexibility index (Phi) is 1.36. The highest BCUT2D eigenvalue weighted by atomic mass is 16.2. The number of hydrogen-bond donors (Lipinski definition) is 0. The zero-order valence-electron chi connectivity index (χ0n) is 6.38. The molecule has 0 aromatic heterocycles. The average molecular weight is 153 g/mol. The molecular weight excluding hydrogens is 142 g/mol. The van der Waals surface area contributed by atoms with Crippen LogP contribution in [0.1, 0.15) is 12.8 Å². The first-order chi connectivity index (χ1) is 5.27. The van der Waals surface area contributed by atoms with Crippen molar-refractivity contribution in [2.75, 3.05) is 19.6 Å². The van der Waals surface area contributed by atoms with Gasteiger partial charge in [0.05, 0.1) is 5.41 Å². The summed E-state index contributed by atoms with van der Waals surface area (Å²) < 4.78 is 0. The Hall–Kier alpha value is -0.700. The van der Waals surface area contributed by atoms with Crippen LogP contribution in [0.25, 0.3) is 0 Å². The standard InChI is InChI=1S/C8H11NO2/c10-5-7(11)8-1-3-9(6-8)4-2-8/h5H,1-4,6H2. The SMILES string of the molecule is O=CC(=O)C12CCN(CC1)C2. The van der Waals surface area contributed by atoms with Gasteiger partial charge in [-0.3, -0.25) is 9.59 Å². The number of nitrogens with zero attached hydrogens (tertiary/aromatic N) is 1. The van der Waals surface area contributed by atoms with Crippen LogP contribution < -0.4 is 0 Å². The Morgan fingerprint density at radius 2 is 2.00 bits per heavy atom. The Balaban J connectivity index is 2.22. The number of Topliss-reactive ketones (excluding diaryl/α,β-unsaturated/α-hetero) is 1. The molecule has 0 spiro atoms. The number of hydrogen-bond acceptors (Lipinski definition) is 3. The van der Waals surface area contributed by atoms with Gasteiger partial charge < -0.3 is 4.90 Å². The normalized spacial score (nSPS) is 40.9. The summed E-state index contributed by atoms with van der Waals surface area (Å²) in [5, 5.41) is 0. The molecule has 0 aromatic rings. The van der Waals surface area contributed by atoms with Gasteiger partial charge in [0.15, 0.2) is 6.29 Å². The highest BCUT2D eigenvalue weighted by Gasteiger charge is 2.48. The molecule has 0 atom stereocenters. The third-order valence-corrected chi connectivity index (χ3v) is 2.97. The number of carbonyl (C=O) groups is 2. The van der Waals surface area contributed by atoms with Gasteiger partial charge in [-0.15, -0.1) is 0 Å². The summed E-state index contributed by atoms with van der Waals surface area (Å²) in [4.78, 5) is 23.8. The number of piperidine rings is 1. The summed E-state index contributed by atoms with van der Waals surface area (Å²) in [5.74, 6) is -0.183. The zero-order chi connectivity index (χ0) is 7.90. The van der Waals surface area contributed by atoms with Crippen molar-refractivity contribution in [3.63, 3.8) is 0 Å². The van der Waals surface area contributed by atoms with Crippen LogP contribution in [0.3, 0.4) is 0 Å². The number of fused-ring (bicyclic) bond motifs is 2. The molecule has 0 unspecified atom stereocenters. The van der Waals surface area contributed by atoms with Gasteiger partial charge >= 0.3 is 0 Å².